The molecule has 28 heavy (non-hydrogen) atoms. The second kappa shape index (κ2) is 7.76. The minimum absolute atomic E-state index is 0.126. The van der Waals surface area contributed by atoms with E-state index in [1.807, 2.05) is 54.3 Å². The van der Waals surface area contributed by atoms with Gasteiger partial charge in [0.1, 0.15) is 5.82 Å². The molecule has 0 radical (unpaired) electrons. The zero-order chi connectivity index (χ0) is 19.7. The number of benzene rings is 2. The number of rotatable bonds is 6. The van der Waals surface area contributed by atoms with Crippen molar-refractivity contribution in [2.75, 3.05) is 0 Å². The molecule has 0 saturated heterocycles. The van der Waals surface area contributed by atoms with E-state index in [1.165, 1.54) is 12.8 Å². The van der Waals surface area contributed by atoms with Gasteiger partial charge < -0.3 is 4.90 Å². The Morgan fingerprint density at radius 1 is 1.18 bits per heavy atom. The van der Waals surface area contributed by atoms with E-state index >= 15 is 0 Å². The van der Waals surface area contributed by atoms with Crippen molar-refractivity contribution in [1.82, 2.24) is 19.7 Å². The van der Waals surface area contributed by atoms with Crippen LogP contribution in [0.1, 0.15) is 41.8 Å². The van der Waals surface area contributed by atoms with Crippen molar-refractivity contribution >= 4 is 17.5 Å². The molecule has 6 heteroatoms. The van der Waals surface area contributed by atoms with Crippen LogP contribution < -0.4 is 0 Å². The summed E-state index contributed by atoms with van der Waals surface area (Å²) in [4.78, 5) is 19.7. The van der Waals surface area contributed by atoms with Crippen LogP contribution in [-0.4, -0.2) is 31.6 Å². The molecule has 1 saturated carbocycles. The van der Waals surface area contributed by atoms with Gasteiger partial charge in [-0.05, 0) is 62.4 Å². The lowest BCUT2D eigenvalue weighted by Gasteiger charge is -2.28. The fraction of sp³-hybridized carbons (Fsp3) is 0.318. The van der Waals surface area contributed by atoms with Crippen LogP contribution >= 0.6 is 11.6 Å². The summed E-state index contributed by atoms with van der Waals surface area (Å²) in [6, 6.07) is 17.6. The van der Waals surface area contributed by atoms with Crippen molar-refractivity contribution in [2.24, 2.45) is 5.92 Å². The Balaban J connectivity index is 1.63. The van der Waals surface area contributed by atoms with E-state index < -0.39 is 0 Å². The summed E-state index contributed by atoms with van der Waals surface area (Å²) in [6.07, 6.45) is 2.34. The first kappa shape index (κ1) is 18.7. The van der Waals surface area contributed by atoms with E-state index in [-0.39, 0.29) is 17.8 Å². The van der Waals surface area contributed by atoms with Gasteiger partial charge in [-0.2, -0.15) is 0 Å². The van der Waals surface area contributed by atoms with Crippen LogP contribution in [-0.2, 0) is 6.54 Å². The van der Waals surface area contributed by atoms with Crippen molar-refractivity contribution in [3.63, 3.8) is 0 Å². The van der Waals surface area contributed by atoms with Gasteiger partial charge in [0, 0.05) is 17.6 Å². The van der Waals surface area contributed by atoms with Gasteiger partial charge in [-0.25, -0.2) is 9.67 Å². The summed E-state index contributed by atoms with van der Waals surface area (Å²) in [7, 11) is 0. The van der Waals surface area contributed by atoms with Gasteiger partial charge in [0.05, 0.1) is 5.69 Å². The van der Waals surface area contributed by atoms with Crippen LogP contribution in [0.2, 0.25) is 5.02 Å². The Hall–Kier alpha value is -2.66. The highest BCUT2D eigenvalue weighted by Crippen LogP contribution is 2.36. The molecule has 1 atom stereocenters. The lowest BCUT2D eigenvalue weighted by molar-refractivity contribution is 0.0641. The molecule has 0 spiro atoms. The molecular formula is C22H23ClN4O. The number of carbonyl (C=O) groups is 1. The van der Waals surface area contributed by atoms with Crippen LogP contribution in [0.5, 0.6) is 0 Å². The maximum absolute atomic E-state index is 13.3. The summed E-state index contributed by atoms with van der Waals surface area (Å²) in [6.45, 7) is 4.54. The minimum Gasteiger partial charge on any atom is -0.329 e. The Labute approximate surface area is 170 Å². The summed E-state index contributed by atoms with van der Waals surface area (Å²) >= 11 is 5.98. The van der Waals surface area contributed by atoms with Crippen LogP contribution in [0.15, 0.2) is 54.6 Å². The van der Waals surface area contributed by atoms with Crippen LogP contribution in [0.25, 0.3) is 5.69 Å². The highest BCUT2D eigenvalue weighted by atomic mass is 35.5. The molecule has 4 rings (SSSR count). The molecule has 0 N–H and O–H groups in total. The summed E-state index contributed by atoms with van der Waals surface area (Å²) in [5.41, 5.74) is 1.94. The van der Waals surface area contributed by atoms with E-state index in [1.54, 1.807) is 16.8 Å². The second-order valence-corrected chi connectivity index (χ2v) is 7.80. The Morgan fingerprint density at radius 2 is 1.86 bits per heavy atom. The smallest absolute Gasteiger partial charge is 0.294 e. The summed E-state index contributed by atoms with van der Waals surface area (Å²) in [5, 5.41) is 5.16. The fourth-order valence-electron chi connectivity index (χ4n) is 3.45. The zero-order valence-corrected chi connectivity index (χ0v) is 16.8. The summed E-state index contributed by atoms with van der Waals surface area (Å²) in [5.74, 6) is 1.34. The van der Waals surface area contributed by atoms with Crippen molar-refractivity contribution in [3.8, 4) is 5.69 Å². The number of amides is 1. The molecule has 1 fully saturated rings. The van der Waals surface area contributed by atoms with Crippen molar-refractivity contribution < 1.29 is 4.79 Å². The first-order valence-corrected chi connectivity index (χ1v) is 9.95. The van der Waals surface area contributed by atoms with Gasteiger partial charge in [-0.3, -0.25) is 4.79 Å². The van der Waals surface area contributed by atoms with E-state index in [4.69, 9.17) is 11.6 Å². The van der Waals surface area contributed by atoms with Gasteiger partial charge >= 0.3 is 0 Å². The first-order valence-electron chi connectivity index (χ1n) is 9.57. The van der Waals surface area contributed by atoms with Crippen LogP contribution in [0, 0.1) is 12.8 Å². The van der Waals surface area contributed by atoms with E-state index in [0.717, 1.165) is 11.3 Å². The van der Waals surface area contributed by atoms with Gasteiger partial charge in [-0.15, -0.1) is 5.10 Å². The molecule has 3 aromatic rings. The molecule has 0 bridgehead atoms. The predicted molar refractivity (Wildman–Crippen MR) is 110 cm³/mol. The third kappa shape index (κ3) is 3.94. The molecule has 1 unspecified atom stereocenters. The molecule has 5 nitrogen and oxygen atoms in total. The molecular weight excluding hydrogens is 372 g/mol. The molecule has 144 valence electrons. The Kier molecular flexibility index (Phi) is 5.18. The molecule has 1 aliphatic rings. The Bertz CT molecular complexity index is 964. The standard InChI is InChI=1S/C22H23ClN4O/c1-15(18-8-9-18)26(14-17-6-4-3-5-7-17)22(28)21-24-16(2)27(25-21)20-12-10-19(23)11-13-20/h3-7,10-13,15,18H,8-9,14H2,1-2H3. The number of hydrogen-bond acceptors (Lipinski definition) is 3. The number of hydrogen-bond donors (Lipinski definition) is 0. The first-order chi connectivity index (χ1) is 13.5. The monoisotopic (exact) mass is 394 g/mol. The third-order valence-corrected chi connectivity index (χ3v) is 5.54. The van der Waals surface area contributed by atoms with Gasteiger partial charge in [0.25, 0.3) is 5.91 Å². The average Bonchev–Trinajstić information content (AvgIpc) is 3.49. The largest absolute Gasteiger partial charge is 0.329 e. The maximum atomic E-state index is 13.3. The molecule has 1 amide bonds. The SMILES string of the molecule is Cc1nc(C(=O)N(Cc2ccccc2)C(C)C2CC2)nn1-c1ccc(Cl)cc1. The average molecular weight is 395 g/mol. The van der Waals surface area contributed by atoms with E-state index in [2.05, 4.69) is 17.0 Å². The van der Waals surface area contributed by atoms with E-state index in [9.17, 15) is 4.79 Å². The van der Waals surface area contributed by atoms with Crippen molar-refractivity contribution in [2.45, 2.75) is 39.3 Å². The van der Waals surface area contributed by atoms with Crippen molar-refractivity contribution in [3.05, 3.63) is 76.8 Å². The summed E-state index contributed by atoms with van der Waals surface area (Å²) < 4.78 is 1.69. The van der Waals surface area contributed by atoms with Crippen LogP contribution in [0.4, 0.5) is 0 Å². The Morgan fingerprint density at radius 3 is 2.50 bits per heavy atom. The van der Waals surface area contributed by atoms with Gasteiger partial charge in [-0.1, -0.05) is 41.9 Å². The highest BCUT2D eigenvalue weighted by Gasteiger charge is 2.36. The number of carbonyl (C=O) groups excluding carboxylic acids is 1. The molecule has 0 aliphatic heterocycles. The van der Waals surface area contributed by atoms with Crippen LogP contribution in [0.3, 0.4) is 0 Å². The van der Waals surface area contributed by atoms with Gasteiger partial charge in [0.15, 0.2) is 0 Å². The number of aromatic nitrogens is 3. The normalized spacial score (nSPS) is 14.7. The molecule has 1 aliphatic carbocycles. The maximum Gasteiger partial charge on any atom is 0.294 e. The third-order valence-electron chi connectivity index (χ3n) is 5.28. The lowest BCUT2D eigenvalue weighted by atomic mass is 10.1. The predicted octanol–water partition coefficient (Wildman–Crippen LogP) is 4.67. The lowest BCUT2D eigenvalue weighted by Crippen LogP contribution is -2.40. The van der Waals surface area contributed by atoms with Crippen molar-refractivity contribution in [1.29, 1.82) is 0 Å². The minimum atomic E-state index is -0.126. The number of halogens is 1. The molecule has 1 aromatic heterocycles. The molecule has 1 heterocycles. The quantitative estimate of drug-likeness (QED) is 0.610. The zero-order valence-electron chi connectivity index (χ0n) is 16.0. The van der Waals surface area contributed by atoms with Gasteiger partial charge in [0.2, 0.25) is 5.82 Å². The molecule has 2 aromatic carbocycles. The number of aryl methyl sites for hydroxylation is 1. The fourth-order valence-corrected chi connectivity index (χ4v) is 3.58. The number of nitrogens with zero attached hydrogens (tertiary/aromatic N) is 4. The van der Waals surface area contributed by atoms with E-state index in [0.29, 0.717) is 23.3 Å². The highest BCUT2D eigenvalue weighted by molar-refractivity contribution is 6.30. The topological polar surface area (TPSA) is 51.0 Å². The second-order valence-electron chi connectivity index (χ2n) is 7.37.